The third kappa shape index (κ3) is 5.12. The van der Waals surface area contributed by atoms with Gasteiger partial charge in [0, 0.05) is 16.7 Å². The molecule has 9 nitrogen and oxygen atoms in total. The van der Waals surface area contributed by atoms with Crippen molar-refractivity contribution < 1.29 is 35.1 Å². The zero-order chi connectivity index (χ0) is 33.5. The SMILES string of the molecule is CCC[C@](O)([C@@H]1O[C@@H]1[C@](C)(O)[C@](C)(CO)CCC1CCNC(N)C1)[C@@H]1CC[C@]2(O)C3=CC(=O)[C@H]4C[C@@H](O)CC[C@]4(C)[C@@H]3CC[C@]12C. The minimum absolute atomic E-state index is 0.0221. The fourth-order valence-electron chi connectivity index (χ4n) is 11.6. The highest BCUT2D eigenvalue weighted by Gasteiger charge is 2.73. The molecule has 14 atom stereocenters. The first kappa shape index (κ1) is 34.9. The number of ketones is 1. The van der Waals surface area contributed by atoms with Crippen LogP contribution in [0, 0.1) is 39.9 Å². The van der Waals surface area contributed by atoms with Gasteiger partial charge in [-0.3, -0.25) is 4.79 Å². The summed E-state index contributed by atoms with van der Waals surface area (Å²) >= 11 is 0. The monoisotopic (exact) mass is 646 g/mol. The van der Waals surface area contributed by atoms with Gasteiger partial charge in [0.05, 0.1) is 35.7 Å². The molecule has 2 heterocycles. The normalized spacial score (nSPS) is 47.8. The van der Waals surface area contributed by atoms with E-state index in [2.05, 4.69) is 19.2 Å². The highest BCUT2D eigenvalue weighted by atomic mass is 16.6. The molecule has 0 amide bonds. The highest BCUT2D eigenvalue weighted by Crippen LogP contribution is 2.70. The Kier molecular flexibility index (Phi) is 9.01. The molecular weight excluding hydrogens is 584 g/mol. The molecule has 4 aliphatic carbocycles. The van der Waals surface area contributed by atoms with Crippen LogP contribution in [0.3, 0.4) is 0 Å². The molecule has 8 N–H and O–H groups in total. The zero-order valence-corrected chi connectivity index (χ0v) is 28.9. The molecule has 9 heteroatoms. The van der Waals surface area contributed by atoms with Gasteiger partial charge >= 0.3 is 0 Å². The number of hydrogen-bond acceptors (Lipinski definition) is 9. The van der Waals surface area contributed by atoms with Crippen LogP contribution in [0.25, 0.3) is 0 Å². The van der Waals surface area contributed by atoms with E-state index in [-0.39, 0.29) is 41.7 Å². The van der Waals surface area contributed by atoms with Gasteiger partial charge in [0.15, 0.2) is 5.78 Å². The molecule has 0 spiro atoms. The van der Waals surface area contributed by atoms with Gasteiger partial charge < -0.3 is 41.3 Å². The maximum absolute atomic E-state index is 13.6. The van der Waals surface area contributed by atoms with Gasteiger partial charge in [-0.05, 0) is 125 Å². The smallest absolute Gasteiger partial charge is 0.159 e. The Hall–Kier alpha value is -0.910. The number of fused-ring (bicyclic) bond motifs is 5. The van der Waals surface area contributed by atoms with E-state index < -0.39 is 45.9 Å². The zero-order valence-electron chi connectivity index (χ0n) is 28.9. The topological polar surface area (TPSA) is 169 Å². The summed E-state index contributed by atoms with van der Waals surface area (Å²) in [7, 11) is 0. The fourth-order valence-corrected chi connectivity index (χ4v) is 11.6. The van der Waals surface area contributed by atoms with Gasteiger partial charge in [0.25, 0.3) is 0 Å². The van der Waals surface area contributed by atoms with Gasteiger partial charge in [0.1, 0.15) is 12.2 Å². The van der Waals surface area contributed by atoms with Crippen LogP contribution >= 0.6 is 0 Å². The summed E-state index contributed by atoms with van der Waals surface area (Å²) in [6.45, 7) is 10.7. The van der Waals surface area contributed by atoms with E-state index in [0.29, 0.717) is 44.4 Å². The lowest BCUT2D eigenvalue weighted by Crippen LogP contribution is -2.62. The summed E-state index contributed by atoms with van der Waals surface area (Å²) < 4.78 is 6.33. The number of rotatable bonds is 10. The number of hydrogen-bond donors (Lipinski definition) is 7. The van der Waals surface area contributed by atoms with Crippen molar-refractivity contribution in [2.75, 3.05) is 13.2 Å². The number of allylic oxidation sites excluding steroid dienone is 1. The molecule has 2 unspecified atom stereocenters. The van der Waals surface area contributed by atoms with E-state index in [1.165, 1.54) is 0 Å². The number of aliphatic hydroxyl groups is 5. The molecule has 6 rings (SSSR count). The summed E-state index contributed by atoms with van der Waals surface area (Å²) in [5.41, 5.74) is 1.30. The maximum Gasteiger partial charge on any atom is 0.159 e. The van der Waals surface area contributed by atoms with E-state index in [9.17, 15) is 30.3 Å². The number of piperidine rings is 1. The molecule has 2 aliphatic heterocycles. The number of carbonyl (C=O) groups is 1. The number of epoxide rings is 1. The first-order chi connectivity index (χ1) is 21.5. The second-order valence-electron chi connectivity index (χ2n) is 17.5. The number of aliphatic hydroxyl groups excluding tert-OH is 2. The molecule has 0 radical (unpaired) electrons. The highest BCUT2D eigenvalue weighted by molar-refractivity contribution is 5.95. The predicted molar refractivity (Wildman–Crippen MR) is 175 cm³/mol. The first-order valence-electron chi connectivity index (χ1n) is 18.4. The molecular formula is C37H62N2O7. The molecule has 5 fully saturated rings. The number of ether oxygens (including phenoxy) is 1. The quantitative estimate of drug-likeness (QED) is 0.176. The van der Waals surface area contributed by atoms with E-state index in [0.717, 1.165) is 57.1 Å². The number of carbonyl (C=O) groups excluding carboxylic acids is 1. The second-order valence-corrected chi connectivity index (χ2v) is 17.5. The van der Waals surface area contributed by atoms with Crippen molar-refractivity contribution in [3.63, 3.8) is 0 Å². The van der Waals surface area contributed by atoms with Gasteiger partial charge in [-0.25, -0.2) is 0 Å². The standard InChI is InChI=1S/C37H62N2O7/c1-6-12-36(44,31-30(46-31)35(5,43)32(2,21-40)13-7-22-11-17-39-29(38)18-22)28-10-16-37(45)25-20-27(42)26-19-23(41)8-14-33(26,3)24(25)9-15-34(28,37)4/h20,22-24,26,28-31,39-41,43-45H,6-19,21,38H2,1-5H3/t22?,23-,24+,26+,28+,29?,30-,31+,32-,33+,34+,35-,36+,37-/m0/s1. The summed E-state index contributed by atoms with van der Waals surface area (Å²) in [6.07, 6.45) is 9.09. The summed E-state index contributed by atoms with van der Waals surface area (Å²) in [6, 6.07) is 0. The van der Waals surface area contributed by atoms with Gasteiger partial charge in [-0.1, -0.05) is 34.1 Å². The molecule has 46 heavy (non-hydrogen) atoms. The van der Waals surface area contributed by atoms with Crippen molar-refractivity contribution >= 4 is 5.78 Å². The lowest BCUT2D eigenvalue weighted by atomic mass is 9.45. The molecule has 2 saturated heterocycles. The Bertz CT molecular complexity index is 1210. The Morgan fingerprint density at radius 3 is 2.43 bits per heavy atom. The van der Waals surface area contributed by atoms with Crippen LogP contribution in [0.1, 0.15) is 118 Å². The average molecular weight is 647 g/mol. The molecule has 0 aromatic carbocycles. The fraction of sp³-hybridized carbons (Fsp3) is 0.919. The Balaban J connectivity index is 1.25. The lowest BCUT2D eigenvalue weighted by Gasteiger charge is -2.60. The summed E-state index contributed by atoms with van der Waals surface area (Å²) in [4.78, 5) is 13.6. The van der Waals surface area contributed by atoms with Crippen LogP contribution in [0.5, 0.6) is 0 Å². The molecule has 262 valence electrons. The second kappa shape index (κ2) is 11.9. The molecule has 0 aromatic heterocycles. The molecule has 0 aromatic rings. The number of nitrogens with two attached hydrogens (primary N) is 1. The van der Waals surface area contributed by atoms with Crippen LogP contribution in [0.4, 0.5) is 0 Å². The summed E-state index contributed by atoms with van der Waals surface area (Å²) in [5.74, 6) is 0.0118. The van der Waals surface area contributed by atoms with Gasteiger partial charge in [-0.2, -0.15) is 0 Å². The van der Waals surface area contributed by atoms with Crippen molar-refractivity contribution in [3.8, 4) is 0 Å². The van der Waals surface area contributed by atoms with Crippen molar-refractivity contribution in [3.05, 3.63) is 11.6 Å². The van der Waals surface area contributed by atoms with Crippen molar-refractivity contribution in [2.45, 2.75) is 159 Å². The molecule has 0 bridgehead atoms. The molecule has 3 saturated carbocycles. The van der Waals surface area contributed by atoms with Crippen LogP contribution < -0.4 is 11.1 Å². The van der Waals surface area contributed by atoms with Crippen LogP contribution in [-0.4, -0.2) is 85.7 Å². The van der Waals surface area contributed by atoms with Crippen LogP contribution in [0.15, 0.2) is 11.6 Å². The third-order valence-electron chi connectivity index (χ3n) is 15.1. The number of nitrogens with one attached hydrogen (secondary N) is 1. The maximum atomic E-state index is 13.6. The lowest BCUT2D eigenvalue weighted by molar-refractivity contribution is -0.157. The minimum atomic E-state index is -1.38. The van der Waals surface area contributed by atoms with Crippen molar-refractivity contribution in [1.29, 1.82) is 0 Å². The van der Waals surface area contributed by atoms with Gasteiger partial charge in [-0.15, -0.1) is 0 Å². The van der Waals surface area contributed by atoms with E-state index >= 15 is 0 Å². The first-order valence-corrected chi connectivity index (χ1v) is 18.4. The van der Waals surface area contributed by atoms with Crippen molar-refractivity contribution in [1.82, 2.24) is 5.32 Å². The van der Waals surface area contributed by atoms with Gasteiger partial charge in [0.2, 0.25) is 0 Å². The average Bonchev–Trinajstić information content (AvgIpc) is 3.77. The predicted octanol–water partition coefficient (Wildman–Crippen LogP) is 3.33. The van der Waals surface area contributed by atoms with Crippen molar-refractivity contribution in [2.24, 2.45) is 45.7 Å². The van der Waals surface area contributed by atoms with Crippen LogP contribution in [-0.2, 0) is 9.53 Å². The Labute approximate surface area is 275 Å². The Morgan fingerprint density at radius 2 is 1.76 bits per heavy atom. The van der Waals surface area contributed by atoms with E-state index in [1.54, 1.807) is 13.0 Å². The van der Waals surface area contributed by atoms with Crippen LogP contribution in [0.2, 0.25) is 0 Å². The van der Waals surface area contributed by atoms with E-state index in [1.807, 2.05) is 13.8 Å². The van der Waals surface area contributed by atoms with E-state index in [4.69, 9.17) is 10.5 Å². The minimum Gasteiger partial charge on any atom is -0.396 e. The Morgan fingerprint density at radius 1 is 1.02 bits per heavy atom. The largest absolute Gasteiger partial charge is 0.396 e. The molecule has 6 aliphatic rings. The summed E-state index contributed by atoms with van der Waals surface area (Å²) in [5, 5.41) is 62.0. The third-order valence-corrected chi connectivity index (χ3v) is 15.1.